The number of imidazole rings is 1. The highest BCUT2D eigenvalue weighted by atomic mass is 32.2. The van der Waals surface area contributed by atoms with Gasteiger partial charge in [0.2, 0.25) is 0 Å². The number of hydrogen-bond acceptors (Lipinski definition) is 6. The Morgan fingerprint density at radius 3 is 2.20 bits per heavy atom. The summed E-state index contributed by atoms with van der Waals surface area (Å²) in [5.41, 5.74) is 0. The Morgan fingerprint density at radius 2 is 1.60 bits per heavy atom. The number of sulfonamides is 1. The van der Waals surface area contributed by atoms with E-state index in [1.807, 2.05) is 63.0 Å². The van der Waals surface area contributed by atoms with Crippen molar-refractivity contribution in [2.75, 3.05) is 31.1 Å². The molecule has 0 atom stereocenters. The standard InChI is InChI=1S/C20H27N7O2S/c1-15(2)20-23-19(14-24(20)4)30(28,29)27-11-9-26(10-12-27)18-13-17(21-16(3)22-18)25-7-5-6-8-25/h5-8,13-15H,9-12H2,1-4H3. The molecule has 0 bridgehead atoms. The number of rotatable bonds is 5. The summed E-state index contributed by atoms with van der Waals surface area (Å²) in [5.74, 6) is 3.21. The van der Waals surface area contributed by atoms with Gasteiger partial charge in [-0.05, 0) is 19.1 Å². The second kappa shape index (κ2) is 7.84. The van der Waals surface area contributed by atoms with Gasteiger partial charge in [0.25, 0.3) is 10.0 Å². The summed E-state index contributed by atoms with van der Waals surface area (Å²) < 4.78 is 31.4. The molecule has 9 nitrogen and oxygen atoms in total. The molecular formula is C20H27N7O2S. The first-order valence-electron chi connectivity index (χ1n) is 10.0. The Bertz CT molecular complexity index is 1130. The maximum Gasteiger partial charge on any atom is 0.262 e. The summed E-state index contributed by atoms with van der Waals surface area (Å²) in [5, 5.41) is 0.120. The summed E-state index contributed by atoms with van der Waals surface area (Å²) in [6.07, 6.45) is 5.48. The van der Waals surface area contributed by atoms with Gasteiger partial charge in [0.05, 0.1) is 0 Å². The third-order valence-electron chi connectivity index (χ3n) is 5.25. The summed E-state index contributed by atoms with van der Waals surface area (Å²) in [6.45, 7) is 7.77. The lowest BCUT2D eigenvalue weighted by atomic mass is 10.2. The van der Waals surface area contributed by atoms with E-state index in [4.69, 9.17) is 0 Å². The molecular weight excluding hydrogens is 402 g/mol. The van der Waals surface area contributed by atoms with Crippen LogP contribution in [0.5, 0.6) is 0 Å². The predicted molar refractivity (Wildman–Crippen MR) is 114 cm³/mol. The Labute approximate surface area is 177 Å². The third kappa shape index (κ3) is 3.84. The number of piperazine rings is 1. The van der Waals surface area contributed by atoms with Crippen molar-refractivity contribution in [1.82, 2.24) is 28.4 Å². The smallest absolute Gasteiger partial charge is 0.262 e. The molecule has 0 N–H and O–H groups in total. The summed E-state index contributed by atoms with van der Waals surface area (Å²) in [4.78, 5) is 15.5. The maximum atomic E-state index is 13.1. The molecule has 1 aliphatic heterocycles. The Balaban J connectivity index is 1.51. The van der Waals surface area contributed by atoms with Crippen LogP contribution in [-0.2, 0) is 17.1 Å². The second-order valence-electron chi connectivity index (χ2n) is 7.82. The average Bonchev–Trinajstić information content (AvgIpc) is 3.38. The monoisotopic (exact) mass is 429 g/mol. The van der Waals surface area contributed by atoms with Crippen LogP contribution >= 0.6 is 0 Å². The van der Waals surface area contributed by atoms with Crippen molar-refractivity contribution in [2.45, 2.75) is 31.7 Å². The van der Waals surface area contributed by atoms with Crippen molar-refractivity contribution in [3.8, 4) is 5.82 Å². The molecule has 4 heterocycles. The van der Waals surface area contributed by atoms with E-state index >= 15 is 0 Å². The molecule has 0 unspecified atom stereocenters. The van der Waals surface area contributed by atoms with E-state index in [1.165, 1.54) is 4.31 Å². The molecule has 160 valence electrons. The van der Waals surface area contributed by atoms with Gasteiger partial charge < -0.3 is 14.0 Å². The number of hydrogen-bond donors (Lipinski definition) is 0. The first-order chi connectivity index (χ1) is 14.3. The van der Waals surface area contributed by atoms with Gasteiger partial charge in [0.15, 0.2) is 5.03 Å². The van der Waals surface area contributed by atoms with E-state index in [9.17, 15) is 8.42 Å². The van der Waals surface area contributed by atoms with Gasteiger partial charge in [-0.15, -0.1) is 0 Å². The van der Waals surface area contributed by atoms with Crippen molar-refractivity contribution in [2.24, 2.45) is 7.05 Å². The van der Waals surface area contributed by atoms with E-state index in [1.54, 1.807) is 10.8 Å². The Morgan fingerprint density at radius 1 is 0.967 bits per heavy atom. The second-order valence-corrected chi connectivity index (χ2v) is 9.70. The normalized spacial score (nSPS) is 15.8. The summed E-state index contributed by atoms with van der Waals surface area (Å²) in [7, 11) is -1.78. The van der Waals surface area contributed by atoms with Crippen LogP contribution < -0.4 is 4.90 Å². The van der Waals surface area contributed by atoms with Gasteiger partial charge in [0.1, 0.15) is 23.3 Å². The van der Waals surface area contributed by atoms with Gasteiger partial charge >= 0.3 is 0 Å². The minimum Gasteiger partial charge on any atom is -0.354 e. The molecule has 30 heavy (non-hydrogen) atoms. The number of aryl methyl sites for hydroxylation is 2. The molecule has 0 aromatic carbocycles. The van der Waals surface area contributed by atoms with Gasteiger partial charge in [-0.2, -0.15) is 4.31 Å². The maximum absolute atomic E-state index is 13.1. The summed E-state index contributed by atoms with van der Waals surface area (Å²) >= 11 is 0. The van der Waals surface area contributed by atoms with Crippen LogP contribution in [0.1, 0.15) is 31.4 Å². The zero-order valence-electron chi connectivity index (χ0n) is 17.7. The zero-order chi connectivity index (χ0) is 21.5. The minimum absolute atomic E-state index is 0.120. The molecule has 1 fully saturated rings. The predicted octanol–water partition coefficient (Wildman–Crippen LogP) is 1.94. The molecule has 1 saturated heterocycles. The Hall–Kier alpha value is -2.72. The third-order valence-corrected chi connectivity index (χ3v) is 7.02. The SMILES string of the molecule is Cc1nc(N2CCN(S(=O)(=O)c3cn(C)c(C(C)C)n3)CC2)cc(-n2cccc2)n1. The first kappa shape index (κ1) is 20.5. The van der Waals surface area contributed by atoms with E-state index in [-0.39, 0.29) is 10.9 Å². The molecule has 0 spiro atoms. The van der Waals surface area contributed by atoms with Gasteiger partial charge in [-0.25, -0.2) is 23.4 Å². The van der Waals surface area contributed by atoms with Gasteiger partial charge in [0, 0.05) is 63.8 Å². The van der Waals surface area contributed by atoms with Crippen molar-refractivity contribution < 1.29 is 8.42 Å². The highest BCUT2D eigenvalue weighted by Gasteiger charge is 2.31. The molecule has 0 amide bonds. The first-order valence-corrected chi connectivity index (χ1v) is 11.5. The fraction of sp³-hybridized carbons (Fsp3) is 0.450. The lowest BCUT2D eigenvalue weighted by Crippen LogP contribution is -2.49. The molecule has 0 radical (unpaired) electrons. The van der Waals surface area contributed by atoms with E-state index in [0.717, 1.165) is 17.5 Å². The van der Waals surface area contributed by atoms with Gasteiger partial charge in [-0.3, -0.25) is 0 Å². The zero-order valence-corrected chi connectivity index (χ0v) is 18.5. The minimum atomic E-state index is -3.62. The molecule has 0 saturated carbocycles. The number of anilines is 1. The van der Waals surface area contributed by atoms with Crippen LogP contribution in [0, 0.1) is 6.92 Å². The van der Waals surface area contributed by atoms with Crippen LogP contribution in [0.25, 0.3) is 5.82 Å². The van der Waals surface area contributed by atoms with Crippen molar-refractivity contribution in [3.05, 3.63) is 48.4 Å². The summed E-state index contributed by atoms with van der Waals surface area (Å²) in [6, 6.07) is 5.83. The van der Waals surface area contributed by atoms with Crippen molar-refractivity contribution in [3.63, 3.8) is 0 Å². The molecule has 1 aliphatic rings. The average molecular weight is 430 g/mol. The van der Waals surface area contributed by atoms with Crippen molar-refractivity contribution in [1.29, 1.82) is 0 Å². The van der Waals surface area contributed by atoms with E-state index in [0.29, 0.717) is 32.0 Å². The lowest BCUT2D eigenvalue weighted by molar-refractivity contribution is 0.382. The fourth-order valence-corrected chi connectivity index (χ4v) is 5.13. The largest absolute Gasteiger partial charge is 0.354 e. The van der Waals surface area contributed by atoms with Crippen LogP contribution in [0.3, 0.4) is 0 Å². The number of aromatic nitrogens is 5. The fourth-order valence-electron chi connectivity index (χ4n) is 3.72. The molecule has 4 rings (SSSR count). The quantitative estimate of drug-likeness (QED) is 0.616. The van der Waals surface area contributed by atoms with Crippen LogP contribution in [0.4, 0.5) is 5.82 Å². The highest BCUT2D eigenvalue weighted by Crippen LogP contribution is 2.23. The molecule has 3 aromatic rings. The topological polar surface area (TPSA) is 89.2 Å². The molecule has 10 heteroatoms. The lowest BCUT2D eigenvalue weighted by Gasteiger charge is -2.34. The highest BCUT2D eigenvalue weighted by molar-refractivity contribution is 7.89. The van der Waals surface area contributed by atoms with Gasteiger partial charge in [-0.1, -0.05) is 13.8 Å². The van der Waals surface area contributed by atoms with E-state index < -0.39 is 10.0 Å². The van der Waals surface area contributed by atoms with Crippen LogP contribution in [0.15, 0.2) is 41.8 Å². The van der Waals surface area contributed by atoms with Crippen LogP contribution in [-0.4, -0.2) is 63.0 Å². The van der Waals surface area contributed by atoms with Crippen LogP contribution in [0.2, 0.25) is 0 Å². The molecule has 3 aromatic heterocycles. The number of nitrogens with zero attached hydrogens (tertiary/aromatic N) is 7. The molecule has 0 aliphatic carbocycles. The van der Waals surface area contributed by atoms with E-state index in [2.05, 4.69) is 19.9 Å². The Kier molecular flexibility index (Phi) is 5.37. The van der Waals surface area contributed by atoms with Crippen molar-refractivity contribution >= 4 is 15.8 Å².